The third-order valence-electron chi connectivity index (χ3n) is 3.83. The molecule has 0 spiro atoms. The van der Waals surface area contributed by atoms with Crippen LogP contribution in [0.4, 0.5) is 0 Å². The minimum absolute atomic E-state index is 0.610. The van der Waals surface area contributed by atoms with E-state index in [0.29, 0.717) is 25.0 Å². The fourth-order valence-electron chi connectivity index (χ4n) is 2.85. The Kier molecular flexibility index (Phi) is 3.48. The number of halogens is 1. The summed E-state index contributed by atoms with van der Waals surface area (Å²) in [4.78, 5) is 0. The number of fused-ring (bicyclic) bond motifs is 1. The Bertz CT molecular complexity index is 450. The molecule has 98 valence electrons. The van der Waals surface area contributed by atoms with E-state index in [0.717, 1.165) is 29.1 Å². The number of ether oxygens (including phenoxy) is 2. The van der Waals surface area contributed by atoms with Gasteiger partial charge < -0.3 is 14.8 Å². The molecule has 2 heterocycles. The van der Waals surface area contributed by atoms with Crippen molar-refractivity contribution in [3.63, 3.8) is 0 Å². The van der Waals surface area contributed by atoms with Crippen LogP contribution in [0.3, 0.4) is 0 Å². The zero-order valence-electron chi connectivity index (χ0n) is 10.5. The van der Waals surface area contributed by atoms with E-state index < -0.39 is 0 Å². The maximum Gasteiger partial charge on any atom is 0.175 e. The lowest BCUT2D eigenvalue weighted by Gasteiger charge is -2.31. The second kappa shape index (κ2) is 5.10. The lowest BCUT2D eigenvalue weighted by molar-refractivity contribution is 0.170. The Balaban J connectivity index is 1.94. The number of benzene rings is 1. The molecule has 1 aromatic carbocycles. The Morgan fingerprint density at radius 2 is 2.11 bits per heavy atom. The van der Waals surface area contributed by atoms with Crippen molar-refractivity contribution in [2.45, 2.75) is 19.3 Å². The van der Waals surface area contributed by atoms with Crippen molar-refractivity contribution in [1.82, 2.24) is 5.32 Å². The van der Waals surface area contributed by atoms with Gasteiger partial charge in [-0.25, -0.2) is 0 Å². The molecule has 1 fully saturated rings. The van der Waals surface area contributed by atoms with Crippen LogP contribution in [-0.2, 0) is 0 Å². The van der Waals surface area contributed by atoms with E-state index in [-0.39, 0.29) is 0 Å². The zero-order valence-corrected chi connectivity index (χ0v) is 12.1. The largest absolute Gasteiger partial charge is 0.486 e. The smallest absolute Gasteiger partial charge is 0.175 e. The Morgan fingerprint density at radius 3 is 2.94 bits per heavy atom. The highest BCUT2D eigenvalue weighted by Crippen LogP contribution is 2.42. The Morgan fingerprint density at radius 1 is 1.28 bits per heavy atom. The predicted molar refractivity (Wildman–Crippen MR) is 74.5 cm³/mol. The first-order valence-electron chi connectivity index (χ1n) is 6.55. The Labute approximate surface area is 116 Å². The first-order chi connectivity index (χ1) is 8.75. The van der Waals surface area contributed by atoms with Gasteiger partial charge in [-0.05, 0) is 65.0 Å². The van der Waals surface area contributed by atoms with Crippen molar-refractivity contribution >= 4 is 15.9 Å². The summed E-state index contributed by atoms with van der Waals surface area (Å²) in [5.41, 5.74) is 1.36. The van der Waals surface area contributed by atoms with Crippen LogP contribution in [0.2, 0.25) is 0 Å². The van der Waals surface area contributed by atoms with Crippen molar-refractivity contribution in [2.24, 2.45) is 5.92 Å². The molecule has 0 saturated carbocycles. The van der Waals surface area contributed by atoms with Crippen molar-refractivity contribution < 1.29 is 9.47 Å². The van der Waals surface area contributed by atoms with E-state index in [1.807, 2.05) is 0 Å². The summed E-state index contributed by atoms with van der Waals surface area (Å²) in [5.74, 6) is 3.01. The highest BCUT2D eigenvalue weighted by Gasteiger charge is 2.25. The molecule has 0 radical (unpaired) electrons. The van der Waals surface area contributed by atoms with Gasteiger partial charge in [-0.1, -0.05) is 6.92 Å². The first-order valence-corrected chi connectivity index (χ1v) is 7.35. The third kappa shape index (κ3) is 2.24. The minimum atomic E-state index is 0.610. The molecule has 1 aromatic rings. The predicted octanol–water partition coefficient (Wildman–Crippen LogP) is 2.93. The van der Waals surface area contributed by atoms with Crippen LogP contribution in [0.1, 0.15) is 24.8 Å². The average molecular weight is 312 g/mol. The van der Waals surface area contributed by atoms with Gasteiger partial charge in [0, 0.05) is 0 Å². The molecular formula is C14H18BrNO2. The topological polar surface area (TPSA) is 30.5 Å². The van der Waals surface area contributed by atoms with Gasteiger partial charge in [-0.15, -0.1) is 0 Å². The lowest BCUT2D eigenvalue weighted by Crippen LogP contribution is -2.33. The minimum Gasteiger partial charge on any atom is -0.486 e. The highest BCUT2D eigenvalue weighted by atomic mass is 79.9. The molecule has 3 nitrogen and oxygen atoms in total. The second-order valence-electron chi connectivity index (χ2n) is 5.10. The second-order valence-corrected chi connectivity index (χ2v) is 5.96. The molecule has 2 unspecified atom stereocenters. The van der Waals surface area contributed by atoms with E-state index in [9.17, 15) is 0 Å². The molecule has 0 bridgehead atoms. The molecule has 3 rings (SSSR count). The normalized spacial score (nSPS) is 27.0. The van der Waals surface area contributed by atoms with E-state index in [1.165, 1.54) is 12.0 Å². The van der Waals surface area contributed by atoms with E-state index in [1.54, 1.807) is 0 Å². The molecule has 2 atom stereocenters. The van der Waals surface area contributed by atoms with Crippen molar-refractivity contribution in [3.8, 4) is 11.5 Å². The van der Waals surface area contributed by atoms with Crippen LogP contribution >= 0.6 is 15.9 Å². The number of rotatable bonds is 1. The Hall–Kier alpha value is -0.740. The monoisotopic (exact) mass is 311 g/mol. The quantitative estimate of drug-likeness (QED) is 0.865. The molecule has 0 amide bonds. The SMILES string of the molecule is CC1CNCCC1c1cc(Br)c2c(c1)OCCO2. The van der Waals surface area contributed by atoms with Gasteiger partial charge in [-0.3, -0.25) is 0 Å². The molecule has 0 aromatic heterocycles. The lowest BCUT2D eigenvalue weighted by atomic mass is 9.82. The van der Waals surface area contributed by atoms with E-state index in [4.69, 9.17) is 9.47 Å². The molecule has 2 aliphatic rings. The van der Waals surface area contributed by atoms with Crippen LogP contribution < -0.4 is 14.8 Å². The highest BCUT2D eigenvalue weighted by molar-refractivity contribution is 9.10. The molecular weight excluding hydrogens is 294 g/mol. The third-order valence-corrected chi connectivity index (χ3v) is 4.42. The van der Waals surface area contributed by atoms with Gasteiger partial charge in [-0.2, -0.15) is 0 Å². The summed E-state index contributed by atoms with van der Waals surface area (Å²) in [7, 11) is 0. The summed E-state index contributed by atoms with van der Waals surface area (Å²) in [6, 6.07) is 4.35. The van der Waals surface area contributed by atoms with Gasteiger partial charge in [0.15, 0.2) is 11.5 Å². The number of hydrogen-bond acceptors (Lipinski definition) is 3. The summed E-state index contributed by atoms with van der Waals surface area (Å²) in [6.45, 7) is 5.78. The number of piperidine rings is 1. The van der Waals surface area contributed by atoms with E-state index in [2.05, 4.69) is 40.3 Å². The van der Waals surface area contributed by atoms with Gasteiger partial charge in [0.05, 0.1) is 4.47 Å². The summed E-state index contributed by atoms with van der Waals surface area (Å²) in [5, 5.41) is 3.44. The van der Waals surface area contributed by atoms with Crippen LogP contribution in [0, 0.1) is 5.92 Å². The van der Waals surface area contributed by atoms with Gasteiger partial charge >= 0.3 is 0 Å². The number of nitrogens with one attached hydrogen (secondary N) is 1. The molecule has 2 aliphatic heterocycles. The summed E-state index contributed by atoms with van der Waals surface area (Å²) < 4.78 is 12.4. The van der Waals surface area contributed by atoms with Crippen LogP contribution in [0.15, 0.2) is 16.6 Å². The van der Waals surface area contributed by atoms with Crippen LogP contribution in [0.25, 0.3) is 0 Å². The first kappa shape index (κ1) is 12.3. The molecule has 1 saturated heterocycles. The van der Waals surface area contributed by atoms with Gasteiger partial charge in [0.1, 0.15) is 13.2 Å². The maximum atomic E-state index is 5.70. The van der Waals surface area contributed by atoms with Crippen LogP contribution in [0.5, 0.6) is 11.5 Å². The zero-order chi connectivity index (χ0) is 12.5. The summed E-state index contributed by atoms with van der Waals surface area (Å²) in [6.07, 6.45) is 1.19. The molecule has 4 heteroatoms. The van der Waals surface area contributed by atoms with Crippen molar-refractivity contribution in [2.75, 3.05) is 26.3 Å². The average Bonchev–Trinajstić information content (AvgIpc) is 2.39. The van der Waals surface area contributed by atoms with Crippen molar-refractivity contribution in [1.29, 1.82) is 0 Å². The molecule has 1 N–H and O–H groups in total. The number of hydrogen-bond donors (Lipinski definition) is 1. The molecule has 0 aliphatic carbocycles. The fourth-order valence-corrected chi connectivity index (χ4v) is 3.43. The molecule has 18 heavy (non-hydrogen) atoms. The van der Waals surface area contributed by atoms with Crippen molar-refractivity contribution in [3.05, 3.63) is 22.2 Å². The fraction of sp³-hybridized carbons (Fsp3) is 0.571. The van der Waals surface area contributed by atoms with E-state index >= 15 is 0 Å². The summed E-state index contributed by atoms with van der Waals surface area (Å²) >= 11 is 3.60. The van der Waals surface area contributed by atoms with Gasteiger partial charge in [0.2, 0.25) is 0 Å². The maximum absolute atomic E-state index is 5.70. The standard InChI is InChI=1S/C14H18BrNO2/c1-9-8-16-3-2-11(9)10-6-12(15)14-13(7-10)17-4-5-18-14/h6-7,9,11,16H,2-5,8H2,1H3. The van der Waals surface area contributed by atoms with Crippen LogP contribution in [-0.4, -0.2) is 26.3 Å². The van der Waals surface area contributed by atoms with Gasteiger partial charge in [0.25, 0.3) is 0 Å².